The fourth-order valence-electron chi connectivity index (χ4n) is 2.70. The lowest BCUT2D eigenvalue weighted by molar-refractivity contribution is 0.119. The number of aromatic nitrogens is 1. The van der Waals surface area contributed by atoms with E-state index < -0.39 is 0 Å². The third-order valence-corrected chi connectivity index (χ3v) is 5.62. The molecule has 2 aromatic rings. The number of aliphatic imine (C=N–C) groups is 1. The summed E-state index contributed by atoms with van der Waals surface area (Å²) in [6.07, 6.45) is 3.97. The molecule has 0 unspecified atom stereocenters. The second kappa shape index (κ2) is 10.8. The molecule has 7 heteroatoms. The standard InChI is InChI=1S/C20H28N4OS.HI/c1-4-21-20(23-13-19-24-14(2)15(3)26-19)22-12-16-8-5-6-11-18(16)25-17-9-7-10-17;/h5-6,8,11,17H,4,7,9-10,12-13H2,1-3H3,(H2,21,22,23);1H. The predicted molar refractivity (Wildman–Crippen MR) is 123 cm³/mol. The zero-order chi connectivity index (χ0) is 18.4. The number of guanidine groups is 1. The van der Waals surface area contributed by atoms with Gasteiger partial charge in [0.2, 0.25) is 0 Å². The summed E-state index contributed by atoms with van der Waals surface area (Å²) in [5.41, 5.74) is 2.23. The van der Waals surface area contributed by atoms with E-state index in [0.29, 0.717) is 19.2 Å². The Kier molecular flexibility index (Phi) is 8.82. The Bertz CT molecular complexity index is 739. The van der Waals surface area contributed by atoms with Crippen LogP contribution in [0.5, 0.6) is 5.75 Å². The Morgan fingerprint density at radius 1 is 1.26 bits per heavy atom. The molecule has 0 saturated heterocycles. The van der Waals surface area contributed by atoms with E-state index in [9.17, 15) is 0 Å². The SMILES string of the molecule is CCNC(=NCc1ccccc1OC1CCC1)NCc1nc(C)c(C)s1.I. The highest BCUT2D eigenvalue weighted by atomic mass is 127. The molecule has 2 N–H and O–H groups in total. The molecule has 148 valence electrons. The zero-order valence-corrected chi connectivity index (χ0v) is 19.4. The number of aryl methyl sites for hydroxylation is 2. The van der Waals surface area contributed by atoms with E-state index in [1.165, 1.54) is 11.3 Å². The third kappa shape index (κ3) is 6.34. The summed E-state index contributed by atoms with van der Waals surface area (Å²) in [5, 5.41) is 7.76. The monoisotopic (exact) mass is 500 g/mol. The van der Waals surface area contributed by atoms with Gasteiger partial charge in [0, 0.05) is 17.0 Å². The van der Waals surface area contributed by atoms with Crippen molar-refractivity contribution in [2.75, 3.05) is 6.54 Å². The average molecular weight is 500 g/mol. The van der Waals surface area contributed by atoms with E-state index in [4.69, 9.17) is 9.73 Å². The number of ether oxygens (including phenoxy) is 1. The van der Waals surface area contributed by atoms with Crippen LogP contribution in [0.3, 0.4) is 0 Å². The lowest BCUT2D eigenvalue weighted by Gasteiger charge is -2.27. The number of nitrogens with one attached hydrogen (secondary N) is 2. The fraction of sp³-hybridized carbons (Fsp3) is 0.500. The summed E-state index contributed by atoms with van der Waals surface area (Å²) in [6, 6.07) is 8.21. The maximum atomic E-state index is 6.10. The molecule has 1 heterocycles. The van der Waals surface area contributed by atoms with E-state index in [1.807, 2.05) is 25.1 Å². The van der Waals surface area contributed by atoms with Gasteiger partial charge in [0.25, 0.3) is 0 Å². The Labute approximate surface area is 183 Å². The molecule has 0 aliphatic heterocycles. The predicted octanol–water partition coefficient (Wildman–Crippen LogP) is 4.56. The third-order valence-electron chi connectivity index (χ3n) is 4.55. The van der Waals surface area contributed by atoms with Crippen LogP contribution in [0.2, 0.25) is 0 Å². The van der Waals surface area contributed by atoms with Crippen molar-refractivity contribution in [2.24, 2.45) is 4.99 Å². The molecule has 1 aromatic heterocycles. The molecule has 1 aliphatic rings. The Morgan fingerprint density at radius 2 is 2.04 bits per heavy atom. The van der Waals surface area contributed by atoms with Crippen LogP contribution in [0.25, 0.3) is 0 Å². The number of hydrogen-bond donors (Lipinski definition) is 2. The number of hydrogen-bond acceptors (Lipinski definition) is 4. The van der Waals surface area contributed by atoms with Gasteiger partial charge in [-0.2, -0.15) is 0 Å². The first-order valence-corrected chi connectivity index (χ1v) is 10.2. The van der Waals surface area contributed by atoms with E-state index in [0.717, 1.165) is 47.4 Å². The Balaban J connectivity index is 0.00000261. The van der Waals surface area contributed by atoms with Gasteiger partial charge in [-0.3, -0.25) is 0 Å². The zero-order valence-electron chi connectivity index (χ0n) is 16.2. The number of thiazole rings is 1. The number of para-hydroxylation sites is 1. The highest BCUT2D eigenvalue weighted by Gasteiger charge is 2.20. The minimum Gasteiger partial charge on any atom is -0.490 e. The van der Waals surface area contributed by atoms with Crippen molar-refractivity contribution in [1.29, 1.82) is 0 Å². The van der Waals surface area contributed by atoms with Gasteiger partial charge in [-0.25, -0.2) is 9.98 Å². The van der Waals surface area contributed by atoms with Gasteiger partial charge < -0.3 is 15.4 Å². The lowest BCUT2D eigenvalue weighted by Crippen LogP contribution is -2.36. The van der Waals surface area contributed by atoms with Gasteiger partial charge in [-0.05, 0) is 46.1 Å². The largest absolute Gasteiger partial charge is 0.490 e. The molecule has 1 saturated carbocycles. The summed E-state index contributed by atoms with van der Waals surface area (Å²) >= 11 is 1.73. The molecular formula is C20H29IN4OS. The van der Waals surface area contributed by atoms with Crippen molar-refractivity contribution < 1.29 is 4.74 Å². The van der Waals surface area contributed by atoms with E-state index >= 15 is 0 Å². The molecule has 1 aromatic carbocycles. The molecule has 0 radical (unpaired) electrons. The lowest BCUT2D eigenvalue weighted by atomic mass is 9.96. The van der Waals surface area contributed by atoms with Crippen molar-refractivity contribution in [3.63, 3.8) is 0 Å². The molecule has 0 spiro atoms. The molecule has 1 fully saturated rings. The molecule has 3 rings (SSSR count). The molecule has 1 aliphatic carbocycles. The minimum absolute atomic E-state index is 0. The summed E-state index contributed by atoms with van der Waals surface area (Å²) in [6.45, 7) is 8.33. The van der Waals surface area contributed by atoms with Crippen molar-refractivity contribution in [2.45, 2.75) is 59.2 Å². The molecule has 0 atom stereocenters. The first-order chi connectivity index (χ1) is 12.7. The fourth-order valence-corrected chi connectivity index (χ4v) is 3.57. The van der Waals surface area contributed by atoms with Crippen LogP contribution >= 0.6 is 35.3 Å². The first kappa shape index (κ1) is 21.9. The van der Waals surface area contributed by atoms with Crippen molar-refractivity contribution in [3.8, 4) is 5.75 Å². The van der Waals surface area contributed by atoms with Crippen LogP contribution in [-0.2, 0) is 13.1 Å². The molecule has 5 nitrogen and oxygen atoms in total. The molecule has 0 amide bonds. The minimum atomic E-state index is 0. The summed E-state index contributed by atoms with van der Waals surface area (Å²) in [4.78, 5) is 10.6. The van der Waals surface area contributed by atoms with Gasteiger partial charge in [-0.1, -0.05) is 18.2 Å². The van der Waals surface area contributed by atoms with Crippen LogP contribution in [-0.4, -0.2) is 23.6 Å². The molecule has 27 heavy (non-hydrogen) atoms. The van der Waals surface area contributed by atoms with Crippen molar-refractivity contribution in [1.82, 2.24) is 15.6 Å². The highest BCUT2D eigenvalue weighted by Crippen LogP contribution is 2.27. The average Bonchev–Trinajstić information content (AvgIpc) is 2.92. The summed E-state index contributed by atoms with van der Waals surface area (Å²) < 4.78 is 6.10. The maximum Gasteiger partial charge on any atom is 0.191 e. The van der Waals surface area contributed by atoms with Crippen LogP contribution < -0.4 is 15.4 Å². The van der Waals surface area contributed by atoms with Crippen molar-refractivity contribution >= 4 is 41.3 Å². The Morgan fingerprint density at radius 3 is 2.67 bits per heavy atom. The Hall–Kier alpha value is -1.35. The van der Waals surface area contributed by atoms with Gasteiger partial charge in [0.05, 0.1) is 24.9 Å². The van der Waals surface area contributed by atoms with E-state index in [1.54, 1.807) is 11.3 Å². The first-order valence-electron chi connectivity index (χ1n) is 9.35. The number of rotatable bonds is 7. The van der Waals surface area contributed by atoms with Crippen LogP contribution in [0.1, 0.15) is 47.3 Å². The summed E-state index contributed by atoms with van der Waals surface area (Å²) in [5.74, 6) is 1.76. The van der Waals surface area contributed by atoms with Crippen LogP contribution in [0.15, 0.2) is 29.3 Å². The quantitative estimate of drug-likeness (QED) is 0.333. The van der Waals surface area contributed by atoms with Crippen molar-refractivity contribution in [3.05, 3.63) is 45.4 Å². The van der Waals surface area contributed by atoms with Gasteiger partial charge in [0.1, 0.15) is 10.8 Å². The topological polar surface area (TPSA) is 58.5 Å². The highest BCUT2D eigenvalue weighted by molar-refractivity contribution is 14.0. The van der Waals surface area contributed by atoms with E-state index in [2.05, 4.69) is 35.5 Å². The molecular weight excluding hydrogens is 471 g/mol. The number of nitrogens with zero attached hydrogens (tertiary/aromatic N) is 2. The maximum absolute atomic E-state index is 6.10. The number of halogens is 1. The molecule has 0 bridgehead atoms. The van der Waals surface area contributed by atoms with Crippen LogP contribution in [0, 0.1) is 13.8 Å². The van der Waals surface area contributed by atoms with Gasteiger partial charge in [-0.15, -0.1) is 35.3 Å². The van der Waals surface area contributed by atoms with Gasteiger partial charge in [0.15, 0.2) is 5.96 Å². The normalized spacial score (nSPS) is 14.3. The van der Waals surface area contributed by atoms with E-state index in [-0.39, 0.29) is 24.0 Å². The second-order valence-electron chi connectivity index (χ2n) is 6.58. The number of benzene rings is 1. The smallest absolute Gasteiger partial charge is 0.191 e. The van der Waals surface area contributed by atoms with Gasteiger partial charge >= 0.3 is 0 Å². The summed E-state index contributed by atoms with van der Waals surface area (Å²) in [7, 11) is 0. The second-order valence-corrected chi connectivity index (χ2v) is 7.86. The van der Waals surface area contributed by atoms with Crippen LogP contribution in [0.4, 0.5) is 0 Å².